The lowest BCUT2D eigenvalue weighted by Gasteiger charge is -2.31. The zero-order chi connectivity index (χ0) is 12.5. The van der Waals surface area contributed by atoms with Crippen LogP contribution in [0.25, 0.3) is 0 Å². The van der Waals surface area contributed by atoms with Gasteiger partial charge in [0.25, 0.3) is 0 Å². The third-order valence-corrected chi connectivity index (χ3v) is 3.36. The van der Waals surface area contributed by atoms with E-state index < -0.39 is 6.18 Å². The van der Waals surface area contributed by atoms with Gasteiger partial charge in [-0.1, -0.05) is 32.1 Å². The van der Waals surface area contributed by atoms with Crippen LogP contribution in [0.3, 0.4) is 0 Å². The molecule has 0 fully saturated rings. The van der Waals surface area contributed by atoms with Crippen LogP contribution in [0.15, 0.2) is 23.8 Å². The van der Waals surface area contributed by atoms with Crippen molar-refractivity contribution in [3.05, 3.63) is 23.8 Å². The van der Waals surface area contributed by atoms with Crippen LogP contribution in [0.2, 0.25) is 0 Å². The monoisotopic (exact) mass is 232 g/mol. The fraction of sp³-hybridized carbons (Fsp3) is 0.692. The molecule has 0 N–H and O–H groups in total. The number of hydrogen-bond donors (Lipinski definition) is 0. The van der Waals surface area contributed by atoms with Gasteiger partial charge in [-0.05, 0) is 37.5 Å². The van der Waals surface area contributed by atoms with E-state index in [1.807, 2.05) is 20.8 Å². The van der Waals surface area contributed by atoms with E-state index in [4.69, 9.17) is 0 Å². The second-order valence-electron chi connectivity index (χ2n) is 5.08. The first-order chi connectivity index (χ1) is 7.21. The molecule has 0 aromatic carbocycles. The minimum Gasteiger partial charge on any atom is -0.166 e. The average molecular weight is 232 g/mol. The van der Waals surface area contributed by atoms with Crippen molar-refractivity contribution in [1.29, 1.82) is 0 Å². The van der Waals surface area contributed by atoms with E-state index in [2.05, 4.69) is 6.58 Å². The lowest BCUT2D eigenvalue weighted by atomic mass is 9.75. The van der Waals surface area contributed by atoms with Gasteiger partial charge < -0.3 is 0 Å². The van der Waals surface area contributed by atoms with Crippen LogP contribution in [-0.2, 0) is 0 Å². The van der Waals surface area contributed by atoms with E-state index in [0.717, 1.165) is 12.0 Å². The Balaban J connectivity index is 2.95. The van der Waals surface area contributed by atoms with Gasteiger partial charge in [0.15, 0.2) is 0 Å². The van der Waals surface area contributed by atoms with Crippen LogP contribution in [0, 0.1) is 17.8 Å². The molecule has 0 bridgehead atoms. The molecule has 1 aliphatic carbocycles. The van der Waals surface area contributed by atoms with E-state index in [1.165, 1.54) is 6.08 Å². The summed E-state index contributed by atoms with van der Waals surface area (Å²) in [6.45, 7) is 9.55. The maximum atomic E-state index is 12.7. The van der Waals surface area contributed by atoms with Crippen LogP contribution in [0.5, 0.6) is 0 Å². The first kappa shape index (κ1) is 13.3. The molecule has 0 aromatic heterocycles. The summed E-state index contributed by atoms with van der Waals surface area (Å²) in [5.74, 6) is 0.251. The summed E-state index contributed by atoms with van der Waals surface area (Å²) in [7, 11) is 0. The third kappa shape index (κ3) is 3.13. The average Bonchev–Trinajstić information content (AvgIpc) is 2.15. The van der Waals surface area contributed by atoms with Gasteiger partial charge in [0.2, 0.25) is 0 Å². The second kappa shape index (κ2) is 4.64. The minimum atomic E-state index is -4.18. The van der Waals surface area contributed by atoms with Crippen molar-refractivity contribution in [3.63, 3.8) is 0 Å². The van der Waals surface area contributed by atoms with Crippen LogP contribution in [-0.4, -0.2) is 6.18 Å². The van der Waals surface area contributed by atoms with Gasteiger partial charge >= 0.3 is 6.18 Å². The molecule has 0 saturated heterocycles. The summed E-state index contributed by atoms with van der Waals surface area (Å²) in [6, 6.07) is 0. The molecule has 0 saturated carbocycles. The predicted molar refractivity (Wildman–Crippen MR) is 60.0 cm³/mol. The molecular formula is C13H19F3. The van der Waals surface area contributed by atoms with E-state index >= 15 is 0 Å². The van der Waals surface area contributed by atoms with Gasteiger partial charge in [-0.2, -0.15) is 13.2 Å². The first-order valence-corrected chi connectivity index (χ1v) is 5.65. The lowest BCUT2D eigenvalue weighted by molar-refractivity contribution is -0.0970. The highest BCUT2D eigenvalue weighted by Crippen LogP contribution is 2.41. The van der Waals surface area contributed by atoms with Crippen LogP contribution >= 0.6 is 0 Å². The van der Waals surface area contributed by atoms with Gasteiger partial charge in [0.05, 0.1) is 0 Å². The quantitative estimate of drug-likeness (QED) is 0.603. The van der Waals surface area contributed by atoms with E-state index in [9.17, 15) is 13.2 Å². The number of rotatable bonds is 2. The fourth-order valence-corrected chi connectivity index (χ4v) is 2.12. The lowest BCUT2D eigenvalue weighted by Crippen LogP contribution is -2.25. The molecule has 0 radical (unpaired) electrons. The topological polar surface area (TPSA) is 0 Å². The molecule has 0 nitrogen and oxygen atoms in total. The van der Waals surface area contributed by atoms with Gasteiger partial charge in [-0.3, -0.25) is 0 Å². The van der Waals surface area contributed by atoms with Gasteiger partial charge in [-0.15, -0.1) is 0 Å². The number of hydrogen-bond acceptors (Lipinski definition) is 0. The molecule has 92 valence electrons. The van der Waals surface area contributed by atoms with Crippen molar-refractivity contribution in [2.45, 2.75) is 39.8 Å². The molecular weight excluding hydrogens is 213 g/mol. The van der Waals surface area contributed by atoms with Crippen LogP contribution < -0.4 is 0 Å². The van der Waals surface area contributed by atoms with Gasteiger partial charge in [-0.25, -0.2) is 0 Å². The Morgan fingerprint density at radius 3 is 2.38 bits per heavy atom. The van der Waals surface area contributed by atoms with Crippen LogP contribution in [0.4, 0.5) is 13.2 Å². The van der Waals surface area contributed by atoms with E-state index in [0.29, 0.717) is 0 Å². The number of halogens is 3. The van der Waals surface area contributed by atoms with Crippen molar-refractivity contribution in [3.8, 4) is 0 Å². The second-order valence-corrected chi connectivity index (χ2v) is 5.08. The normalized spacial score (nSPS) is 26.8. The molecule has 1 rings (SSSR count). The Morgan fingerprint density at radius 1 is 1.44 bits per heavy atom. The van der Waals surface area contributed by atoms with Gasteiger partial charge in [0.1, 0.15) is 0 Å². The Kier molecular flexibility index (Phi) is 3.87. The number of allylic oxidation sites excluding steroid dienone is 3. The van der Waals surface area contributed by atoms with Crippen molar-refractivity contribution >= 4 is 0 Å². The zero-order valence-electron chi connectivity index (χ0n) is 10.1. The zero-order valence-corrected chi connectivity index (χ0v) is 10.1. The molecule has 1 aliphatic rings. The summed E-state index contributed by atoms with van der Waals surface area (Å²) in [6.07, 6.45) is -1.86. The maximum Gasteiger partial charge on any atom is 0.412 e. The molecule has 2 atom stereocenters. The smallest absolute Gasteiger partial charge is 0.166 e. The molecule has 0 heterocycles. The van der Waals surface area contributed by atoms with E-state index in [-0.39, 0.29) is 29.7 Å². The van der Waals surface area contributed by atoms with Crippen molar-refractivity contribution in [1.82, 2.24) is 0 Å². The summed E-state index contributed by atoms with van der Waals surface area (Å²) in [5.41, 5.74) is 0.492. The molecule has 0 aromatic rings. The molecule has 0 amide bonds. The summed E-state index contributed by atoms with van der Waals surface area (Å²) < 4.78 is 38.2. The summed E-state index contributed by atoms with van der Waals surface area (Å²) >= 11 is 0. The highest BCUT2D eigenvalue weighted by Gasteiger charge is 2.38. The van der Waals surface area contributed by atoms with Crippen molar-refractivity contribution in [2.24, 2.45) is 17.8 Å². The Labute approximate surface area is 95.2 Å². The highest BCUT2D eigenvalue weighted by atomic mass is 19.4. The van der Waals surface area contributed by atoms with Crippen LogP contribution in [0.1, 0.15) is 33.6 Å². The predicted octanol–water partition coefficient (Wildman–Crippen LogP) is 4.73. The standard InChI is InChI=1S/C13H19F3/c1-8(2)10-5-11(9(3)4)7-12(6-10)13(14,15)16/h7,9-11H,1,5-6H2,2-4H3. The maximum absolute atomic E-state index is 12.7. The molecule has 2 unspecified atom stereocenters. The van der Waals surface area contributed by atoms with Crippen molar-refractivity contribution < 1.29 is 13.2 Å². The Morgan fingerprint density at radius 2 is 2.00 bits per heavy atom. The van der Waals surface area contributed by atoms with Gasteiger partial charge in [0, 0.05) is 5.57 Å². The SMILES string of the molecule is C=C(C)C1CC(C(F)(F)F)=CC(C(C)C)C1. The highest BCUT2D eigenvalue weighted by molar-refractivity contribution is 5.19. The molecule has 3 heteroatoms. The third-order valence-electron chi connectivity index (χ3n) is 3.36. The minimum absolute atomic E-state index is 0.0194. The molecule has 0 spiro atoms. The summed E-state index contributed by atoms with van der Waals surface area (Å²) in [4.78, 5) is 0. The van der Waals surface area contributed by atoms with Crippen molar-refractivity contribution in [2.75, 3.05) is 0 Å². The Hall–Kier alpha value is -0.730. The molecule has 16 heavy (non-hydrogen) atoms. The Bertz CT molecular complexity index is 297. The largest absolute Gasteiger partial charge is 0.412 e. The number of alkyl halides is 3. The fourth-order valence-electron chi connectivity index (χ4n) is 2.12. The molecule has 0 aliphatic heterocycles. The first-order valence-electron chi connectivity index (χ1n) is 5.65. The van der Waals surface area contributed by atoms with E-state index in [1.54, 1.807) is 0 Å². The summed E-state index contributed by atoms with van der Waals surface area (Å²) in [5, 5.41) is 0.